The van der Waals surface area contributed by atoms with Crippen molar-refractivity contribution in [2.75, 3.05) is 130 Å². The molecule has 20 nitrogen and oxygen atoms in total. The average molecular weight is 1890 g/mol. The second kappa shape index (κ2) is 61.5. The van der Waals surface area contributed by atoms with Gasteiger partial charge < -0.3 is 49.2 Å². The predicted molar refractivity (Wildman–Crippen MR) is 517 cm³/mol. The highest BCUT2D eigenvalue weighted by Crippen LogP contribution is 2.46. The number of esters is 5. The van der Waals surface area contributed by atoms with Gasteiger partial charge in [0.05, 0.1) is 73.6 Å². The Morgan fingerprint density at radius 2 is 0.554 bits per heavy atom. The number of carbonyl (C=O) groups excluding carboxylic acids is 5. The minimum atomic E-state index is -4.86. The number of hydrogen-bond acceptors (Lipinski definition) is 20. The summed E-state index contributed by atoms with van der Waals surface area (Å²) in [4.78, 5) is 67.7. The van der Waals surface area contributed by atoms with E-state index in [9.17, 15) is 25.3 Å². The number of benzene rings is 5. The number of nitrogens with zero attached hydrogens (tertiary/aromatic N) is 5. The van der Waals surface area contributed by atoms with E-state index in [1.54, 1.807) is 41.9 Å². The standard InChI is InChI=1S/5C22H31NO3/c5*1-3-23(4-2)17-11-12-18-26-21(24)22(25,19-13-7-5-8-14-19)20-15-9-6-10-16-20/h5*5,7-8,13-14,20,25H,3-4,6,9-10,15-18H2,1-2H3/i3D2,4D2,5D,6D2,7D,8D,9D2,10D2,13D,14D,15D2,16D2,17D2,18D2,20D,25D;1D3,2D3,3D2,4D2,6D2,9D2,10D2,15D2,16D2,17D2,18D2,20D,25D;3D2,4D2,6D2,9D2,10D2,15D2,16D2,17D2,18D2,20D,25D;3D2,4D2,5D,7D,8D,13D,14D,17D2,18D2,25D;1D3,2D3,3D2,4D2,17D2,18D2,25D. The number of carbonyl (C=O) groups is 5. The molecule has 0 amide bonds. The summed E-state index contributed by atoms with van der Waals surface area (Å²) in [5, 5.41) is 23.2. The van der Waals surface area contributed by atoms with Crippen molar-refractivity contribution >= 4 is 29.8 Å². The van der Waals surface area contributed by atoms with Gasteiger partial charge in [0.15, 0.2) is 60.8 Å². The minimum Gasteiger partial charge on any atom is -0.450 e. The normalized spacial score (nSPS) is 37.6. The van der Waals surface area contributed by atoms with Gasteiger partial charge in [-0.1, -0.05) is 375 Å². The topological polar surface area (TPSA) is 249 Å². The van der Waals surface area contributed by atoms with Crippen LogP contribution in [-0.2, 0) is 75.7 Å². The third-order valence-electron chi connectivity index (χ3n) is 17.6. The maximum Gasteiger partial charge on any atom is 0.344 e. The van der Waals surface area contributed by atoms with Crippen molar-refractivity contribution in [3.8, 4) is 59.2 Å². The van der Waals surface area contributed by atoms with Gasteiger partial charge in [0.25, 0.3) is 0 Å². The summed E-state index contributed by atoms with van der Waals surface area (Å²) in [6, 6.07) is 6.25. The molecule has 0 radical (unpaired) electrons. The average Bonchev–Trinajstić information content (AvgIpc) is 0.642. The van der Waals surface area contributed by atoms with Crippen LogP contribution < -0.4 is 0 Å². The van der Waals surface area contributed by atoms with Crippen molar-refractivity contribution in [2.45, 2.75) is 257 Å². The molecular formula is C110H155N5O15. The fraction of sp³-hybridized carbons (Fsp3) is 0.591. The van der Waals surface area contributed by atoms with Crippen LogP contribution in [0.4, 0.5) is 0 Å². The van der Waals surface area contributed by atoms with Crippen molar-refractivity contribution in [3.63, 3.8) is 0 Å². The van der Waals surface area contributed by atoms with E-state index in [1.165, 1.54) is 59.8 Å². The van der Waals surface area contributed by atoms with Crippen LogP contribution >= 0.6 is 0 Å². The Kier molecular flexibility index (Phi) is 16.1. The van der Waals surface area contributed by atoms with Crippen LogP contribution in [0.15, 0.2) is 151 Å². The molecule has 5 unspecified atom stereocenters. The van der Waals surface area contributed by atoms with E-state index in [0.717, 1.165) is 89.1 Å². The minimum absolute atomic E-state index is 0.0128. The lowest BCUT2D eigenvalue weighted by Gasteiger charge is -2.36. The van der Waals surface area contributed by atoms with Gasteiger partial charge in [-0.25, -0.2) is 24.0 Å². The van der Waals surface area contributed by atoms with Crippen molar-refractivity contribution in [3.05, 3.63) is 179 Å². The first-order valence-corrected chi connectivity index (χ1v) is 37.9. The Labute approximate surface area is 921 Å². The summed E-state index contributed by atoms with van der Waals surface area (Å²) >= 11 is 0. The van der Waals surface area contributed by atoms with Gasteiger partial charge in [-0.15, -0.1) is 0 Å². The van der Waals surface area contributed by atoms with Crippen LogP contribution in [0.2, 0.25) is 0 Å². The summed E-state index contributed by atoms with van der Waals surface area (Å²) in [6.07, 6.45) is -59.3. The van der Waals surface area contributed by atoms with Gasteiger partial charge in [-0.2, -0.15) is 0 Å². The summed E-state index contributed by atoms with van der Waals surface area (Å²) in [7, 11) is 0. The largest absolute Gasteiger partial charge is 0.450 e. The highest BCUT2D eigenvalue weighted by molar-refractivity contribution is 5.84. The van der Waals surface area contributed by atoms with Crippen molar-refractivity contribution in [1.29, 1.82) is 7.16 Å². The Bertz CT molecular complexity index is 9050. The van der Waals surface area contributed by atoms with E-state index in [2.05, 4.69) is 24.8 Å². The van der Waals surface area contributed by atoms with Crippen molar-refractivity contribution in [2.24, 2.45) is 29.5 Å². The lowest BCUT2D eigenvalue weighted by Crippen LogP contribution is -2.45. The molecule has 20 heteroatoms. The smallest absolute Gasteiger partial charge is 0.344 e. The number of rotatable bonds is 40. The highest BCUT2D eigenvalue weighted by Gasteiger charge is 2.52. The summed E-state index contributed by atoms with van der Waals surface area (Å²) in [5.41, 5.74) is -21.7. The SMILES string of the molecule is [2H]OC(C(=O)OC([2H])([2H])C#CC([2H])([2H])N(C([2H])([2H])C([2H])([2H])[2H])C([2H])([2H])C([2H])([2H])[2H])(c1ccccc1)C1([2H])C([2H])([2H])C([2H])([2H])C([2H])([2H])C([2H])([2H])C1([2H])[2H].[2H]OC(C(=O)OC([2H])([2H])C#CC([2H])([2H])N(C([2H])([2H])C([2H])([2H])[2H])C([2H])([2H])C([2H])([2H])[2H])(c1ccccc1)C1CCCCC1.[2H]OC(C(=O)OC([2H])([2H])C#CC([2H])([2H])N(C([2H])([2H])C)C([2H])([2H])C)(c1c([2H])c([2H])c([2H])c([2H])c1[2H])C1([2H])C([2H])([2H])C([2H])([2H])C([2H])([2H])C([2H])([2H])C1([2H])[2H].[2H]OC(C(=O)OC([2H])([2H])C#CC([2H])([2H])N(C([2H])([2H])C)C([2H])([2H])C)(c1c([2H])c([2H])c([2H])c([2H])c1[2H])C1CCCCC1.[2H]OC(C(=O)OC([2H])([2H])C#CC([2H])([2H])N(C([2H])([2H])C)C([2H])([2H])C)(c1ccccc1)C1([2H])C([2H])([2H])C([2H])([2H])C([2H])([2H])C([2H])([2H])C1([2H])[2H]. The fourth-order valence-electron chi connectivity index (χ4n) is 11.4. The molecule has 5 saturated carbocycles. The van der Waals surface area contributed by atoms with E-state index in [4.69, 9.17) is 160 Å². The zero-order valence-corrected chi connectivity index (χ0v) is 69.7. The Morgan fingerprint density at radius 1 is 0.331 bits per heavy atom. The van der Waals surface area contributed by atoms with Crippen LogP contribution in [0, 0.1) is 88.7 Å². The summed E-state index contributed by atoms with van der Waals surface area (Å²) in [5.74, 6) is -10.7. The van der Waals surface area contributed by atoms with Gasteiger partial charge in [0.2, 0.25) is 7.16 Å². The molecule has 5 aliphatic rings. The van der Waals surface area contributed by atoms with Crippen LogP contribution in [-0.4, -0.2) is 217 Å². The van der Waals surface area contributed by atoms with Gasteiger partial charge >= 0.3 is 29.8 Å². The molecule has 0 bridgehead atoms. The molecule has 5 aromatic carbocycles. The molecule has 5 aromatic rings. The van der Waals surface area contributed by atoms with E-state index in [0.29, 0.717) is 52.4 Å². The second-order valence-corrected chi connectivity index (χ2v) is 25.0. The Morgan fingerprint density at radius 3 is 0.800 bits per heavy atom. The molecule has 5 fully saturated rings. The van der Waals surface area contributed by atoms with E-state index < -0.39 is 433 Å². The second-order valence-electron chi connectivity index (χ2n) is 25.0. The number of aliphatic hydroxyl groups is 5. The van der Waals surface area contributed by atoms with Gasteiger partial charge in [0.1, 0.15) is 0 Å². The molecule has 5 aliphatic carbocycles. The predicted octanol–water partition coefficient (Wildman–Crippen LogP) is 16.7. The van der Waals surface area contributed by atoms with E-state index >= 15 is 0 Å². The quantitative estimate of drug-likeness (QED) is 0.0139. The molecule has 0 aliphatic heterocycles. The highest BCUT2D eigenvalue weighted by atomic mass is 16.6. The lowest BCUT2D eigenvalue weighted by molar-refractivity contribution is -0.174. The first kappa shape index (κ1) is 34.0. The maximum absolute atomic E-state index is 14.2. The molecule has 0 aromatic heterocycles. The molecule has 0 spiro atoms. The van der Waals surface area contributed by atoms with Crippen molar-refractivity contribution in [1.82, 2.24) is 24.5 Å². The lowest BCUT2D eigenvalue weighted by atomic mass is 9.73. The van der Waals surface area contributed by atoms with E-state index in [1.807, 2.05) is 0 Å². The third-order valence-corrected chi connectivity index (χ3v) is 17.6. The zero-order chi connectivity index (χ0) is 182. The van der Waals surface area contributed by atoms with Crippen LogP contribution in [0.5, 0.6) is 0 Å². The molecule has 130 heavy (non-hydrogen) atoms. The number of ether oxygens (including phenoxy) is 5. The van der Waals surface area contributed by atoms with Crippen LogP contribution in [0.3, 0.4) is 0 Å². The third kappa shape index (κ3) is 33.8. The Balaban J connectivity index is 0.000000430. The van der Waals surface area contributed by atoms with Crippen LogP contribution in [0.25, 0.3) is 0 Å². The molecule has 0 saturated heterocycles. The monoisotopic (exact) mass is 1890 g/mol. The molecule has 5 N–H and O–H groups in total. The Hall–Kier alpha value is -9.15. The summed E-state index contributed by atoms with van der Waals surface area (Å²) in [6.45, 7) is -79.7. The first-order chi connectivity index (χ1) is 101. The first-order valence-electron chi connectivity index (χ1n) is 87.4. The summed E-state index contributed by atoms with van der Waals surface area (Å²) < 4.78 is 831. The fourth-order valence-corrected chi connectivity index (χ4v) is 11.4. The molecule has 5 atom stereocenters. The zero-order valence-electron chi connectivity index (χ0n) is 170. The van der Waals surface area contributed by atoms with Crippen molar-refractivity contribution < 1.29 is 203 Å². The van der Waals surface area contributed by atoms with E-state index in [-0.39, 0.29) is 33.1 Å². The molecule has 0 heterocycles. The molecule has 710 valence electrons. The van der Waals surface area contributed by atoms with Gasteiger partial charge in [-0.05, 0) is 157 Å². The number of hydrogen-bond donors (Lipinski definition) is 5. The van der Waals surface area contributed by atoms with Gasteiger partial charge in [-0.3, -0.25) is 24.5 Å². The maximum atomic E-state index is 14.2. The van der Waals surface area contributed by atoms with Crippen LogP contribution in [0.1, 0.15) is 387 Å². The molecule has 10 rings (SSSR count). The van der Waals surface area contributed by atoms with Gasteiger partial charge in [0, 0.05) is 119 Å². The molecular weight excluding hydrogens is 1630 g/mol.